The lowest BCUT2D eigenvalue weighted by Crippen LogP contribution is -2.42. The Kier molecular flexibility index (Phi) is 6.59. The number of hydrogen-bond acceptors (Lipinski definition) is 3. The van der Waals surface area contributed by atoms with Crippen LogP contribution in [-0.2, 0) is 6.54 Å². The van der Waals surface area contributed by atoms with Crippen LogP contribution in [0, 0.1) is 0 Å². The molecule has 1 aromatic rings. The van der Waals surface area contributed by atoms with Crippen LogP contribution in [0.25, 0.3) is 0 Å². The molecule has 1 unspecified atom stereocenters. The second-order valence-electron chi connectivity index (χ2n) is 6.18. The fraction of sp³-hybridized carbons (Fsp3) is 0.667. The van der Waals surface area contributed by atoms with E-state index in [-0.39, 0.29) is 0 Å². The molecule has 1 aliphatic rings. The third kappa shape index (κ3) is 4.73. The van der Waals surface area contributed by atoms with Crippen molar-refractivity contribution in [3.8, 4) is 0 Å². The van der Waals surface area contributed by atoms with Gasteiger partial charge in [-0.1, -0.05) is 44.2 Å². The van der Waals surface area contributed by atoms with Gasteiger partial charge in [0, 0.05) is 37.0 Å². The average molecular weight is 307 g/mol. The zero-order valence-corrected chi connectivity index (χ0v) is 14.6. The highest BCUT2D eigenvalue weighted by Gasteiger charge is 2.28. The lowest BCUT2D eigenvalue weighted by Gasteiger charge is -2.31. The summed E-state index contributed by atoms with van der Waals surface area (Å²) in [5.41, 5.74) is 1.43. The summed E-state index contributed by atoms with van der Waals surface area (Å²) in [4.78, 5) is 2.58. The molecule has 1 atom stereocenters. The van der Waals surface area contributed by atoms with Crippen LogP contribution in [0.1, 0.15) is 38.7 Å². The Labute approximate surface area is 134 Å². The van der Waals surface area contributed by atoms with Crippen molar-refractivity contribution in [1.82, 2.24) is 10.2 Å². The predicted molar refractivity (Wildman–Crippen MR) is 95.0 cm³/mol. The Hall–Kier alpha value is -0.510. The van der Waals surface area contributed by atoms with Gasteiger partial charge in [0.15, 0.2) is 0 Å². The van der Waals surface area contributed by atoms with Gasteiger partial charge in [-0.25, -0.2) is 0 Å². The molecule has 1 saturated heterocycles. The smallest absolute Gasteiger partial charge is 0.0276 e. The maximum absolute atomic E-state index is 3.83. The van der Waals surface area contributed by atoms with Gasteiger partial charge in [0.1, 0.15) is 0 Å². The van der Waals surface area contributed by atoms with Gasteiger partial charge in [0.05, 0.1) is 0 Å². The Morgan fingerprint density at radius 1 is 1.24 bits per heavy atom. The van der Waals surface area contributed by atoms with E-state index in [2.05, 4.69) is 60.7 Å². The lowest BCUT2D eigenvalue weighted by atomic mass is 10.0. The minimum absolute atomic E-state index is 0.423. The van der Waals surface area contributed by atoms with E-state index in [9.17, 15) is 0 Å². The number of likely N-dealkylation sites (tertiary alicyclic amines) is 1. The van der Waals surface area contributed by atoms with E-state index in [0.29, 0.717) is 10.8 Å². The lowest BCUT2D eigenvalue weighted by molar-refractivity contribution is 0.317. The molecule has 0 aromatic heterocycles. The maximum atomic E-state index is 3.83. The van der Waals surface area contributed by atoms with Gasteiger partial charge in [-0.3, -0.25) is 4.90 Å². The molecule has 1 aromatic carbocycles. The molecule has 2 rings (SSSR count). The molecule has 1 fully saturated rings. The Morgan fingerprint density at radius 3 is 2.57 bits per heavy atom. The summed E-state index contributed by atoms with van der Waals surface area (Å²) in [6.45, 7) is 9.28. The number of nitrogens with zero attached hydrogens (tertiary/aromatic N) is 1. The summed E-state index contributed by atoms with van der Waals surface area (Å²) in [6.07, 6.45) is 6.03. The van der Waals surface area contributed by atoms with Crippen LogP contribution in [0.15, 0.2) is 30.3 Å². The Morgan fingerprint density at radius 2 is 1.95 bits per heavy atom. The van der Waals surface area contributed by atoms with E-state index >= 15 is 0 Å². The highest BCUT2D eigenvalue weighted by atomic mass is 32.2. The zero-order valence-electron chi connectivity index (χ0n) is 13.8. The summed E-state index contributed by atoms with van der Waals surface area (Å²) in [5, 5.41) is 3.83. The maximum Gasteiger partial charge on any atom is 0.0276 e. The number of nitrogens with one attached hydrogen (secondary N) is 1. The number of rotatable bonds is 8. The number of benzene rings is 1. The van der Waals surface area contributed by atoms with Gasteiger partial charge in [-0.2, -0.15) is 11.8 Å². The molecule has 0 spiro atoms. The summed E-state index contributed by atoms with van der Waals surface area (Å²) in [6, 6.07) is 11.5. The summed E-state index contributed by atoms with van der Waals surface area (Å²) >= 11 is 2.03. The highest BCUT2D eigenvalue weighted by Crippen LogP contribution is 2.30. The van der Waals surface area contributed by atoms with E-state index < -0.39 is 0 Å². The van der Waals surface area contributed by atoms with Gasteiger partial charge >= 0.3 is 0 Å². The number of hydrogen-bond donors (Lipinski definition) is 1. The van der Waals surface area contributed by atoms with Crippen LogP contribution in [0.3, 0.4) is 0 Å². The standard InChI is InChI=1S/C18H30N2S/c1-4-18(5-2,21-3)15-19-17-11-12-20(14-17)13-16-9-7-6-8-10-16/h6-10,17,19H,4-5,11-15H2,1-3H3. The topological polar surface area (TPSA) is 15.3 Å². The van der Waals surface area contributed by atoms with Gasteiger partial charge in [0.25, 0.3) is 0 Å². The van der Waals surface area contributed by atoms with Crippen molar-refractivity contribution in [2.45, 2.75) is 50.4 Å². The normalized spacial score (nSPS) is 20.0. The SMILES string of the molecule is CCC(CC)(CNC1CCN(Cc2ccccc2)C1)SC. The molecule has 0 bridgehead atoms. The molecule has 0 amide bonds. The van der Waals surface area contributed by atoms with Crippen molar-refractivity contribution in [3.05, 3.63) is 35.9 Å². The first-order valence-electron chi connectivity index (χ1n) is 8.26. The molecular weight excluding hydrogens is 276 g/mol. The van der Waals surface area contributed by atoms with Gasteiger partial charge < -0.3 is 5.32 Å². The third-order valence-electron chi connectivity index (χ3n) is 4.96. The first-order valence-corrected chi connectivity index (χ1v) is 9.48. The molecular formula is C18H30N2S. The minimum atomic E-state index is 0.423. The fourth-order valence-electron chi connectivity index (χ4n) is 3.18. The third-order valence-corrected chi connectivity index (χ3v) is 6.54. The van der Waals surface area contributed by atoms with Crippen LogP contribution in [0.4, 0.5) is 0 Å². The molecule has 2 nitrogen and oxygen atoms in total. The molecule has 0 radical (unpaired) electrons. The van der Waals surface area contributed by atoms with Gasteiger partial charge in [0.2, 0.25) is 0 Å². The van der Waals surface area contributed by atoms with Crippen LogP contribution < -0.4 is 5.32 Å². The van der Waals surface area contributed by atoms with E-state index in [0.717, 1.165) is 13.1 Å². The molecule has 1 heterocycles. The quantitative estimate of drug-likeness (QED) is 0.787. The van der Waals surface area contributed by atoms with E-state index in [1.54, 1.807) is 0 Å². The van der Waals surface area contributed by atoms with Crippen molar-refractivity contribution in [2.75, 3.05) is 25.9 Å². The summed E-state index contributed by atoms with van der Waals surface area (Å²) in [7, 11) is 0. The van der Waals surface area contributed by atoms with Crippen LogP contribution in [-0.4, -0.2) is 41.6 Å². The van der Waals surface area contributed by atoms with E-state index in [4.69, 9.17) is 0 Å². The molecule has 118 valence electrons. The summed E-state index contributed by atoms with van der Waals surface area (Å²) < 4.78 is 0.423. The van der Waals surface area contributed by atoms with Gasteiger partial charge in [-0.15, -0.1) is 0 Å². The van der Waals surface area contributed by atoms with Crippen LogP contribution in [0.5, 0.6) is 0 Å². The average Bonchev–Trinajstić information content (AvgIpc) is 2.98. The Balaban J connectivity index is 1.77. The van der Waals surface area contributed by atoms with Crippen molar-refractivity contribution in [3.63, 3.8) is 0 Å². The fourth-order valence-corrected chi connectivity index (χ4v) is 3.98. The first kappa shape index (κ1) is 16.9. The van der Waals surface area contributed by atoms with Crippen LogP contribution >= 0.6 is 11.8 Å². The predicted octanol–water partition coefficient (Wildman–Crippen LogP) is 3.77. The van der Waals surface area contributed by atoms with Crippen molar-refractivity contribution in [2.24, 2.45) is 0 Å². The van der Waals surface area contributed by atoms with Crippen molar-refractivity contribution < 1.29 is 0 Å². The monoisotopic (exact) mass is 306 g/mol. The number of thioether (sulfide) groups is 1. The zero-order chi connectivity index (χ0) is 15.1. The van der Waals surface area contributed by atoms with E-state index in [1.807, 2.05) is 11.8 Å². The van der Waals surface area contributed by atoms with Crippen molar-refractivity contribution >= 4 is 11.8 Å². The largest absolute Gasteiger partial charge is 0.311 e. The molecule has 3 heteroatoms. The van der Waals surface area contributed by atoms with E-state index in [1.165, 1.54) is 37.9 Å². The highest BCUT2D eigenvalue weighted by molar-refractivity contribution is 8.00. The van der Waals surface area contributed by atoms with Crippen LogP contribution in [0.2, 0.25) is 0 Å². The molecule has 0 saturated carbocycles. The second-order valence-corrected chi connectivity index (χ2v) is 7.46. The van der Waals surface area contributed by atoms with Gasteiger partial charge in [-0.05, 0) is 31.1 Å². The molecule has 1 N–H and O–H groups in total. The molecule has 0 aliphatic carbocycles. The van der Waals surface area contributed by atoms with Crippen molar-refractivity contribution in [1.29, 1.82) is 0 Å². The second kappa shape index (κ2) is 8.21. The first-order chi connectivity index (χ1) is 10.2. The Bertz CT molecular complexity index is 395. The molecule has 21 heavy (non-hydrogen) atoms. The minimum Gasteiger partial charge on any atom is -0.311 e. The summed E-state index contributed by atoms with van der Waals surface area (Å²) in [5.74, 6) is 0. The molecule has 1 aliphatic heterocycles.